The Morgan fingerprint density at radius 3 is 2.32 bits per heavy atom. The molecule has 1 unspecified atom stereocenters. The van der Waals surface area contributed by atoms with E-state index in [2.05, 4.69) is 5.32 Å². The van der Waals surface area contributed by atoms with Crippen LogP contribution in [0, 0.1) is 22.7 Å². The van der Waals surface area contributed by atoms with Crippen molar-refractivity contribution in [2.75, 3.05) is 10.2 Å². The number of hydrogen-bond donors (Lipinski definition) is 1. The minimum Gasteiger partial charge on any atom is -0.427 e. The average molecular weight is 432 g/mol. The van der Waals surface area contributed by atoms with Crippen LogP contribution >= 0.6 is 11.8 Å². The van der Waals surface area contributed by atoms with Gasteiger partial charge in [-0.25, -0.2) is 4.90 Å². The summed E-state index contributed by atoms with van der Waals surface area (Å²) in [5.74, 6) is -1.05. The average Bonchev–Trinajstić information content (AvgIpc) is 3.03. The van der Waals surface area contributed by atoms with E-state index in [0.29, 0.717) is 17.1 Å². The zero-order valence-electron chi connectivity index (χ0n) is 16.4. The Kier molecular flexibility index (Phi) is 6.71. The predicted molar refractivity (Wildman–Crippen MR) is 115 cm³/mol. The van der Waals surface area contributed by atoms with Gasteiger partial charge in [0.05, 0.1) is 10.9 Å². The fraction of sp³-hybridized carbons (Fsp3) is 0.136. The summed E-state index contributed by atoms with van der Waals surface area (Å²) in [6.07, 6.45) is -0.0840. The first-order chi connectivity index (χ1) is 14.9. The van der Waals surface area contributed by atoms with Gasteiger partial charge in [0.1, 0.15) is 22.9 Å². The van der Waals surface area contributed by atoms with Crippen LogP contribution in [-0.2, 0) is 14.4 Å². The van der Waals surface area contributed by atoms with Crippen molar-refractivity contribution in [2.24, 2.45) is 0 Å². The van der Waals surface area contributed by atoms with Crippen molar-refractivity contribution in [3.8, 4) is 17.9 Å². The normalized spacial score (nSPS) is 15.1. The molecule has 3 rings (SSSR count). The Morgan fingerprint density at radius 2 is 1.74 bits per heavy atom. The minimum atomic E-state index is -0.802. The quantitative estimate of drug-likeness (QED) is 0.319. The second-order valence-corrected chi connectivity index (χ2v) is 7.60. The van der Waals surface area contributed by atoms with Gasteiger partial charge in [0.25, 0.3) is 0 Å². The molecule has 0 spiro atoms. The Morgan fingerprint density at radius 1 is 1.10 bits per heavy atom. The fourth-order valence-corrected chi connectivity index (χ4v) is 3.97. The molecule has 0 aliphatic carbocycles. The summed E-state index contributed by atoms with van der Waals surface area (Å²) in [5.41, 5.74) is 0.803. The molecule has 1 fully saturated rings. The molecule has 0 radical (unpaired) electrons. The van der Waals surface area contributed by atoms with Crippen LogP contribution in [0.1, 0.15) is 13.3 Å². The molecule has 0 saturated carbocycles. The molecule has 9 heteroatoms. The van der Waals surface area contributed by atoms with Crippen LogP contribution in [0.15, 0.2) is 65.2 Å². The van der Waals surface area contributed by atoms with E-state index in [1.54, 1.807) is 24.3 Å². The summed E-state index contributed by atoms with van der Waals surface area (Å²) in [5, 5.41) is 21.0. The number of ether oxygens (including phenoxy) is 1. The Bertz CT molecular complexity index is 1110. The van der Waals surface area contributed by atoms with E-state index in [1.165, 1.54) is 31.2 Å². The van der Waals surface area contributed by atoms with Gasteiger partial charge in [-0.15, -0.1) is 0 Å². The van der Waals surface area contributed by atoms with Gasteiger partial charge in [-0.05, 0) is 36.4 Å². The highest BCUT2D eigenvalue weighted by atomic mass is 32.2. The van der Waals surface area contributed by atoms with Crippen LogP contribution in [0.3, 0.4) is 0 Å². The number of carbonyl (C=O) groups is 3. The molecule has 2 aromatic carbocycles. The number of amides is 2. The monoisotopic (exact) mass is 432 g/mol. The van der Waals surface area contributed by atoms with Gasteiger partial charge in [0.15, 0.2) is 5.57 Å². The Balaban J connectivity index is 1.81. The molecule has 2 aromatic rings. The highest BCUT2D eigenvalue weighted by molar-refractivity contribution is 8.04. The van der Waals surface area contributed by atoms with E-state index in [1.807, 2.05) is 18.2 Å². The molecule has 154 valence electrons. The molecule has 1 saturated heterocycles. The number of nitriles is 2. The zero-order valence-corrected chi connectivity index (χ0v) is 17.2. The maximum atomic E-state index is 12.9. The molecule has 1 atom stereocenters. The van der Waals surface area contributed by atoms with Gasteiger partial charge >= 0.3 is 5.97 Å². The maximum absolute atomic E-state index is 12.9. The molecular weight excluding hydrogens is 416 g/mol. The number of thioether (sulfide) groups is 1. The van der Waals surface area contributed by atoms with Crippen molar-refractivity contribution in [2.45, 2.75) is 18.6 Å². The molecule has 0 aromatic heterocycles. The number of nitrogens with one attached hydrogen (secondary N) is 1. The number of hydrogen-bond acceptors (Lipinski definition) is 8. The Hall–Kier alpha value is -4.08. The smallest absolute Gasteiger partial charge is 0.308 e. The number of para-hydroxylation sites is 1. The standard InChI is InChI=1S/C22H16N4O4S/c1-14(27)30-18-9-7-17(8-10-18)26-20(28)11-19(22(26)29)31-21(15(12-23)13-24)25-16-5-3-2-4-6-16/h2-10,19,25H,11H2,1H3. The van der Waals surface area contributed by atoms with Crippen molar-refractivity contribution >= 4 is 40.9 Å². The lowest BCUT2D eigenvalue weighted by Gasteiger charge is -2.16. The molecule has 1 aliphatic rings. The number of anilines is 2. The molecular formula is C22H16N4O4S. The molecule has 2 amide bonds. The van der Waals surface area contributed by atoms with Gasteiger partial charge in [0, 0.05) is 19.0 Å². The van der Waals surface area contributed by atoms with E-state index in [9.17, 15) is 24.9 Å². The van der Waals surface area contributed by atoms with Crippen LogP contribution in [-0.4, -0.2) is 23.0 Å². The van der Waals surface area contributed by atoms with E-state index < -0.39 is 23.0 Å². The number of nitrogens with zero attached hydrogens (tertiary/aromatic N) is 3. The number of esters is 1. The maximum Gasteiger partial charge on any atom is 0.308 e. The number of rotatable bonds is 6. The first-order valence-electron chi connectivity index (χ1n) is 9.11. The highest BCUT2D eigenvalue weighted by Gasteiger charge is 2.41. The van der Waals surface area contributed by atoms with E-state index in [0.717, 1.165) is 16.7 Å². The van der Waals surface area contributed by atoms with Crippen molar-refractivity contribution < 1.29 is 19.1 Å². The lowest BCUT2D eigenvalue weighted by molar-refractivity contribution is -0.132. The number of imide groups is 1. The Labute approximate surface area is 182 Å². The zero-order chi connectivity index (χ0) is 22.4. The first-order valence-corrected chi connectivity index (χ1v) is 9.99. The molecule has 0 bridgehead atoms. The molecule has 1 aliphatic heterocycles. The van der Waals surface area contributed by atoms with E-state index >= 15 is 0 Å². The number of benzene rings is 2. The lowest BCUT2D eigenvalue weighted by Crippen LogP contribution is -2.31. The molecule has 8 nitrogen and oxygen atoms in total. The summed E-state index contributed by atoms with van der Waals surface area (Å²) in [7, 11) is 0. The minimum absolute atomic E-state index is 0.0840. The summed E-state index contributed by atoms with van der Waals surface area (Å²) >= 11 is 0.968. The topological polar surface area (TPSA) is 123 Å². The van der Waals surface area contributed by atoms with Gasteiger partial charge in [-0.1, -0.05) is 30.0 Å². The van der Waals surface area contributed by atoms with Crippen molar-refractivity contribution in [3.63, 3.8) is 0 Å². The van der Waals surface area contributed by atoms with Crippen molar-refractivity contribution in [3.05, 3.63) is 65.2 Å². The van der Waals surface area contributed by atoms with Crippen LogP contribution in [0.5, 0.6) is 5.75 Å². The van der Waals surface area contributed by atoms with Crippen LogP contribution in [0.2, 0.25) is 0 Å². The molecule has 31 heavy (non-hydrogen) atoms. The third kappa shape index (κ3) is 5.10. The fourth-order valence-electron chi connectivity index (χ4n) is 2.87. The predicted octanol–water partition coefficient (Wildman–Crippen LogP) is 3.35. The van der Waals surface area contributed by atoms with Crippen molar-refractivity contribution in [1.29, 1.82) is 10.5 Å². The summed E-state index contributed by atoms with van der Waals surface area (Å²) in [6, 6.07) is 18.5. The molecule has 1 N–H and O–H groups in total. The first kappa shape index (κ1) is 21.6. The third-order valence-corrected chi connectivity index (χ3v) is 5.40. The van der Waals surface area contributed by atoms with Crippen LogP contribution < -0.4 is 15.0 Å². The van der Waals surface area contributed by atoms with Crippen LogP contribution in [0.4, 0.5) is 11.4 Å². The summed E-state index contributed by atoms with van der Waals surface area (Å²) in [4.78, 5) is 37.6. The summed E-state index contributed by atoms with van der Waals surface area (Å²) < 4.78 is 4.96. The van der Waals surface area contributed by atoms with E-state index in [4.69, 9.17) is 4.74 Å². The van der Waals surface area contributed by atoms with Crippen LogP contribution in [0.25, 0.3) is 0 Å². The second kappa shape index (κ2) is 9.61. The number of allylic oxidation sites excluding steroid dienone is 1. The molecule has 1 heterocycles. The SMILES string of the molecule is CC(=O)Oc1ccc(N2C(=O)CC(SC(Nc3ccccc3)=C(C#N)C#N)C2=O)cc1. The summed E-state index contributed by atoms with van der Waals surface area (Å²) in [6.45, 7) is 1.27. The highest BCUT2D eigenvalue weighted by Crippen LogP contribution is 2.35. The number of carbonyl (C=O) groups excluding carboxylic acids is 3. The van der Waals surface area contributed by atoms with Gasteiger partial charge in [-0.2, -0.15) is 10.5 Å². The second-order valence-electron chi connectivity index (χ2n) is 6.38. The van der Waals surface area contributed by atoms with Gasteiger partial charge in [0.2, 0.25) is 11.8 Å². The van der Waals surface area contributed by atoms with Gasteiger partial charge in [-0.3, -0.25) is 14.4 Å². The van der Waals surface area contributed by atoms with Gasteiger partial charge < -0.3 is 10.1 Å². The largest absolute Gasteiger partial charge is 0.427 e. The lowest BCUT2D eigenvalue weighted by atomic mass is 10.3. The van der Waals surface area contributed by atoms with Crippen molar-refractivity contribution in [1.82, 2.24) is 0 Å². The third-order valence-electron chi connectivity index (χ3n) is 4.20. The van der Waals surface area contributed by atoms with E-state index in [-0.39, 0.29) is 17.0 Å².